The Hall–Kier alpha value is -1.31. The van der Waals surface area contributed by atoms with Crippen LogP contribution in [0.15, 0.2) is 23.1 Å². The maximum absolute atomic E-state index is 12.2. The molecule has 7 heteroatoms. The lowest BCUT2D eigenvalue weighted by Crippen LogP contribution is -2.34. The van der Waals surface area contributed by atoms with E-state index in [4.69, 9.17) is 10.5 Å². The van der Waals surface area contributed by atoms with Crippen LogP contribution in [0.2, 0.25) is 0 Å². The summed E-state index contributed by atoms with van der Waals surface area (Å²) in [6, 6.07) is 3.96. The molecule has 0 aliphatic heterocycles. The second-order valence-corrected chi connectivity index (χ2v) is 6.20. The number of benzene rings is 1. The van der Waals surface area contributed by atoms with E-state index in [9.17, 15) is 13.5 Å². The summed E-state index contributed by atoms with van der Waals surface area (Å²) in [6.07, 6.45) is -0.248. The van der Waals surface area contributed by atoms with Crippen LogP contribution in [0.3, 0.4) is 0 Å². The van der Waals surface area contributed by atoms with Crippen LogP contribution in [0.5, 0.6) is 5.75 Å². The van der Waals surface area contributed by atoms with Gasteiger partial charge in [-0.2, -0.15) is 0 Å². The van der Waals surface area contributed by atoms with Crippen LogP contribution in [0.25, 0.3) is 0 Å². The van der Waals surface area contributed by atoms with Crippen molar-refractivity contribution in [1.82, 2.24) is 4.72 Å². The molecule has 1 aromatic rings. The molecule has 0 bridgehead atoms. The largest absolute Gasteiger partial charge is 0.495 e. The highest BCUT2D eigenvalue weighted by Crippen LogP contribution is 2.26. The summed E-state index contributed by atoms with van der Waals surface area (Å²) >= 11 is 0. The molecule has 0 radical (unpaired) electrons. The van der Waals surface area contributed by atoms with Crippen LogP contribution in [0.1, 0.15) is 20.3 Å². The number of aliphatic hydroxyl groups excluding tert-OH is 1. The average Bonchev–Trinajstić information content (AvgIpc) is 2.26. The van der Waals surface area contributed by atoms with E-state index in [0.717, 1.165) is 0 Å². The number of nitrogen functional groups attached to an aromatic ring is 1. The van der Waals surface area contributed by atoms with E-state index in [-0.39, 0.29) is 16.7 Å². The predicted octanol–water partition coefficient (Wildman–Crippen LogP) is 0.715. The maximum atomic E-state index is 12.2. The quantitative estimate of drug-likeness (QED) is 0.669. The van der Waals surface area contributed by atoms with Crippen molar-refractivity contribution in [2.45, 2.75) is 37.3 Å². The van der Waals surface area contributed by atoms with Gasteiger partial charge in [0, 0.05) is 17.8 Å². The van der Waals surface area contributed by atoms with Crippen LogP contribution < -0.4 is 15.2 Å². The molecule has 0 amide bonds. The van der Waals surface area contributed by atoms with Crippen molar-refractivity contribution in [3.05, 3.63) is 18.2 Å². The van der Waals surface area contributed by atoms with Crippen molar-refractivity contribution < 1.29 is 18.3 Å². The minimum absolute atomic E-state index is 0.0293. The van der Waals surface area contributed by atoms with Crippen molar-refractivity contribution >= 4 is 15.7 Å². The molecule has 108 valence electrons. The zero-order valence-electron chi connectivity index (χ0n) is 11.3. The first-order chi connectivity index (χ1) is 8.76. The molecule has 0 fully saturated rings. The van der Waals surface area contributed by atoms with Crippen LogP contribution >= 0.6 is 0 Å². The molecule has 0 aliphatic carbocycles. The van der Waals surface area contributed by atoms with Gasteiger partial charge >= 0.3 is 0 Å². The summed E-state index contributed by atoms with van der Waals surface area (Å²) in [5.74, 6) is 0.191. The molecule has 0 saturated heterocycles. The minimum atomic E-state index is -3.71. The number of hydrogen-bond donors (Lipinski definition) is 3. The van der Waals surface area contributed by atoms with Gasteiger partial charge in [-0.15, -0.1) is 0 Å². The lowest BCUT2D eigenvalue weighted by atomic mass is 10.2. The number of nitrogens with one attached hydrogen (secondary N) is 1. The Morgan fingerprint density at radius 3 is 2.58 bits per heavy atom. The van der Waals surface area contributed by atoms with E-state index in [2.05, 4.69) is 4.72 Å². The van der Waals surface area contributed by atoms with E-state index in [1.165, 1.54) is 25.3 Å². The van der Waals surface area contributed by atoms with Crippen molar-refractivity contribution in [3.63, 3.8) is 0 Å². The molecule has 4 N–H and O–H groups in total. The number of anilines is 1. The second-order valence-electron chi connectivity index (χ2n) is 4.52. The van der Waals surface area contributed by atoms with Crippen molar-refractivity contribution in [2.75, 3.05) is 12.8 Å². The summed E-state index contributed by atoms with van der Waals surface area (Å²) in [6.45, 7) is 3.29. The summed E-state index contributed by atoms with van der Waals surface area (Å²) in [7, 11) is -2.32. The van der Waals surface area contributed by atoms with E-state index >= 15 is 0 Å². The Balaban J connectivity index is 3.00. The number of hydrogen-bond acceptors (Lipinski definition) is 5. The number of methoxy groups -OCH3 is 1. The Labute approximate surface area is 113 Å². The highest BCUT2D eigenvalue weighted by molar-refractivity contribution is 7.89. The Morgan fingerprint density at radius 1 is 1.42 bits per heavy atom. The SMILES string of the molecule is COc1cc(N)ccc1S(=O)(=O)NC(C)CC(C)O. The molecule has 1 aromatic carbocycles. The van der Waals surface area contributed by atoms with Gasteiger partial charge in [0.25, 0.3) is 0 Å². The van der Waals surface area contributed by atoms with E-state index in [1.807, 2.05) is 0 Å². The normalized spacial score (nSPS) is 14.9. The van der Waals surface area contributed by atoms with Crippen LogP contribution in [0.4, 0.5) is 5.69 Å². The van der Waals surface area contributed by atoms with Gasteiger partial charge in [0.2, 0.25) is 10.0 Å². The van der Waals surface area contributed by atoms with Crippen LogP contribution in [0, 0.1) is 0 Å². The van der Waals surface area contributed by atoms with Gasteiger partial charge in [-0.05, 0) is 32.4 Å². The zero-order chi connectivity index (χ0) is 14.6. The fraction of sp³-hybridized carbons (Fsp3) is 0.500. The second kappa shape index (κ2) is 6.23. The maximum Gasteiger partial charge on any atom is 0.244 e. The molecule has 2 unspecified atom stereocenters. The number of aliphatic hydroxyl groups is 1. The highest BCUT2D eigenvalue weighted by atomic mass is 32.2. The molecule has 0 aromatic heterocycles. The van der Waals surface area contributed by atoms with Gasteiger partial charge < -0.3 is 15.6 Å². The number of sulfonamides is 1. The van der Waals surface area contributed by atoms with Crippen LogP contribution in [-0.4, -0.2) is 32.8 Å². The molecule has 0 saturated carbocycles. The van der Waals surface area contributed by atoms with Crippen molar-refractivity contribution in [1.29, 1.82) is 0 Å². The van der Waals surface area contributed by atoms with Crippen molar-refractivity contribution in [3.8, 4) is 5.75 Å². The zero-order valence-corrected chi connectivity index (χ0v) is 12.1. The van der Waals surface area contributed by atoms with Gasteiger partial charge in [-0.25, -0.2) is 13.1 Å². The molecule has 1 rings (SSSR count). The molecule has 6 nitrogen and oxygen atoms in total. The molecule has 2 atom stereocenters. The van der Waals surface area contributed by atoms with Crippen LogP contribution in [-0.2, 0) is 10.0 Å². The fourth-order valence-electron chi connectivity index (χ4n) is 1.79. The summed E-state index contributed by atoms with van der Waals surface area (Å²) in [5.41, 5.74) is 6.01. The fourth-order valence-corrected chi connectivity index (χ4v) is 3.20. The summed E-state index contributed by atoms with van der Waals surface area (Å²) in [4.78, 5) is 0.0293. The number of nitrogens with two attached hydrogens (primary N) is 1. The smallest absolute Gasteiger partial charge is 0.244 e. The third kappa shape index (κ3) is 4.38. The summed E-state index contributed by atoms with van der Waals surface area (Å²) in [5, 5.41) is 9.25. The number of rotatable bonds is 6. The standard InChI is InChI=1S/C12H20N2O4S/c1-8(6-9(2)15)14-19(16,17)12-5-4-10(13)7-11(12)18-3/h4-5,7-9,14-15H,6,13H2,1-3H3. The molecule has 0 aliphatic rings. The molecule has 19 heavy (non-hydrogen) atoms. The first kappa shape index (κ1) is 15.7. The third-order valence-corrected chi connectivity index (χ3v) is 4.16. The summed E-state index contributed by atoms with van der Waals surface area (Å²) < 4.78 is 31.9. The molecular weight excluding hydrogens is 268 g/mol. The van der Waals surface area contributed by atoms with Gasteiger partial charge in [0.1, 0.15) is 10.6 Å². The number of ether oxygens (including phenoxy) is 1. The first-order valence-corrected chi connectivity index (χ1v) is 7.38. The van der Waals surface area contributed by atoms with Gasteiger partial charge in [-0.3, -0.25) is 0 Å². The van der Waals surface area contributed by atoms with E-state index < -0.39 is 16.1 Å². The molecule has 0 heterocycles. The van der Waals surface area contributed by atoms with E-state index in [0.29, 0.717) is 12.1 Å². The van der Waals surface area contributed by atoms with Gasteiger partial charge in [-0.1, -0.05) is 0 Å². The van der Waals surface area contributed by atoms with Gasteiger partial charge in [0.05, 0.1) is 13.2 Å². The lowest BCUT2D eigenvalue weighted by molar-refractivity contribution is 0.175. The third-order valence-electron chi connectivity index (χ3n) is 2.53. The van der Waals surface area contributed by atoms with Crippen molar-refractivity contribution in [2.24, 2.45) is 0 Å². The van der Waals surface area contributed by atoms with E-state index in [1.54, 1.807) is 13.8 Å². The average molecular weight is 288 g/mol. The Morgan fingerprint density at radius 2 is 2.05 bits per heavy atom. The lowest BCUT2D eigenvalue weighted by Gasteiger charge is -2.17. The molecule has 0 spiro atoms. The highest BCUT2D eigenvalue weighted by Gasteiger charge is 2.22. The Bertz CT molecular complexity index is 529. The Kier molecular flexibility index (Phi) is 5.16. The van der Waals surface area contributed by atoms with Gasteiger partial charge in [0.15, 0.2) is 0 Å². The monoisotopic (exact) mass is 288 g/mol. The first-order valence-electron chi connectivity index (χ1n) is 5.90. The predicted molar refractivity (Wildman–Crippen MR) is 73.5 cm³/mol. The topological polar surface area (TPSA) is 102 Å². The minimum Gasteiger partial charge on any atom is -0.495 e. The molecular formula is C12H20N2O4S.